The van der Waals surface area contributed by atoms with E-state index in [9.17, 15) is 10.1 Å². The van der Waals surface area contributed by atoms with Gasteiger partial charge in [0.1, 0.15) is 5.60 Å². The lowest BCUT2D eigenvalue weighted by molar-refractivity contribution is -0.385. The van der Waals surface area contributed by atoms with Crippen LogP contribution >= 0.6 is 0 Å². The molecule has 0 radical (unpaired) electrons. The van der Waals surface area contributed by atoms with Crippen LogP contribution in [0.25, 0.3) is 0 Å². The maximum atomic E-state index is 11.4. The van der Waals surface area contributed by atoms with Gasteiger partial charge < -0.3 is 10.1 Å². The molecule has 1 N–H and O–H groups in total. The highest BCUT2D eigenvalue weighted by Gasteiger charge is 2.45. The van der Waals surface area contributed by atoms with Gasteiger partial charge in [-0.25, -0.2) is 0 Å². The number of nitrogens with zero attached hydrogens (tertiary/aromatic N) is 1. The highest BCUT2D eigenvalue weighted by molar-refractivity contribution is 5.64. The lowest BCUT2D eigenvalue weighted by atomic mass is 9.77. The van der Waals surface area contributed by atoms with E-state index in [0.717, 1.165) is 33.5 Å². The van der Waals surface area contributed by atoms with E-state index in [0.29, 0.717) is 5.56 Å². The Hall–Kier alpha value is -3.96. The molecule has 0 saturated heterocycles. The molecule has 0 saturated carbocycles. The average Bonchev–Trinajstić information content (AvgIpc) is 2.84. The van der Waals surface area contributed by atoms with Gasteiger partial charge in [-0.05, 0) is 31.0 Å². The summed E-state index contributed by atoms with van der Waals surface area (Å²) in [7, 11) is 0. The summed E-state index contributed by atoms with van der Waals surface area (Å²) in [6.07, 6.45) is -0.581. The molecule has 0 bridgehead atoms. The van der Waals surface area contributed by atoms with Crippen molar-refractivity contribution < 1.29 is 9.66 Å². The Bertz CT molecular complexity index is 1270. The predicted octanol–water partition coefficient (Wildman–Crippen LogP) is 6.64. The summed E-state index contributed by atoms with van der Waals surface area (Å²) < 4.78 is 6.94. The lowest BCUT2D eigenvalue weighted by Crippen LogP contribution is -2.40. The van der Waals surface area contributed by atoms with E-state index in [4.69, 9.17) is 4.74 Å². The number of ether oxygens (including phenoxy) is 1. The van der Waals surface area contributed by atoms with Crippen LogP contribution in [-0.4, -0.2) is 4.92 Å². The van der Waals surface area contributed by atoms with E-state index in [2.05, 4.69) is 73.8 Å². The van der Waals surface area contributed by atoms with Crippen molar-refractivity contribution in [3.05, 3.63) is 141 Å². The van der Waals surface area contributed by atoms with Crippen LogP contribution in [0, 0.1) is 24.0 Å². The fraction of sp³-hybridized carbons (Fsp3) is 0.143. The summed E-state index contributed by atoms with van der Waals surface area (Å²) >= 11 is 0. The monoisotopic (exact) mass is 436 g/mol. The van der Waals surface area contributed by atoms with Gasteiger partial charge >= 0.3 is 0 Å². The first-order valence-electron chi connectivity index (χ1n) is 10.9. The Balaban J connectivity index is 1.76. The Kier molecular flexibility index (Phi) is 5.19. The molecule has 1 heterocycles. The van der Waals surface area contributed by atoms with Gasteiger partial charge in [0, 0.05) is 28.9 Å². The zero-order chi connectivity index (χ0) is 23.0. The van der Waals surface area contributed by atoms with Gasteiger partial charge in [0.15, 0.2) is 6.23 Å². The summed E-state index contributed by atoms with van der Waals surface area (Å²) in [4.78, 5) is 11.0. The van der Waals surface area contributed by atoms with Crippen molar-refractivity contribution in [3.63, 3.8) is 0 Å². The van der Waals surface area contributed by atoms with Gasteiger partial charge in [-0.2, -0.15) is 0 Å². The fourth-order valence-corrected chi connectivity index (χ4v) is 4.47. The molecular formula is C28H24N2O3. The molecule has 1 aliphatic rings. The van der Waals surface area contributed by atoms with Gasteiger partial charge in [0.05, 0.1) is 4.92 Å². The van der Waals surface area contributed by atoms with Crippen molar-refractivity contribution in [3.8, 4) is 0 Å². The third-order valence-electron chi connectivity index (χ3n) is 6.19. The number of nitrogens with one attached hydrogen (secondary N) is 1. The minimum Gasteiger partial charge on any atom is -0.356 e. The minimum atomic E-state index is -0.890. The molecule has 1 atom stereocenters. The summed E-state index contributed by atoms with van der Waals surface area (Å²) in [6.45, 7) is 4.12. The number of non-ortho nitro benzene ring substituents is 1. The van der Waals surface area contributed by atoms with E-state index in [-0.39, 0.29) is 10.6 Å². The standard InChI is InChI=1S/C28H24N2O3/c1-19-10-14-22(15-11-19)28(23-16-12-20(2)13-17-23)25-8-3-4-9-26(25)29-27(33-28)21-6-5-7-24(18-21)30(31)32/h3-18,27,29H,1-2H3/t27-/m0/s1. The first-order valence-corrected chi connectivity index (χ1v) is 10.9. The molecule has 1 aliphatic heterocycles. The summed E-state index contributed by atoms with van der Waals surface area (Å²) in [6, 6.07) is 31.4. The third-order valence-corrected chi connectivity index (χ3v) is 6.19. The number of para-hydroxylation sites is 1. The van der Waals surface area contributed by atoms with Crippen LogP contribution in [-0.2, 0) is 10.3 Å². The van der Waals surface area contributed by atoms with Gasteiger partial charge in [0.2, 0.25) is 0 Å². The molecule has 0 aromatic heterocycles. The molecule has 0 spiro atoms. The normalized spacial score (nSPS) is 16.5. The van der Waals surface area contributed by atoms with Crippen LogP contribution in [0.5, 0.6) is 0 Å². The van der Waals surface area contributed by atoms with Crippen molar-refractivity contribution in [2.45, 2.75) is 25.7 Å². The first kappa shape index (κ1) is 20.9. The van der Waals surface area contributed by atoms with E-state index < -0.39 is 11.8 Å². The topological polar surface area (TPSA) is 64.4 Å². The van der Waals surface area contributed by atoms with Crippen molar-refractivity contribution in [2.75, 3.05) is 5.32 Å². The zero-order valence-electron chi connectivity index (χ0n) is 18.5. The van der Waals surface area contributed by atoms with E-state index in [1.807, 2.05) is 24.3 Å². The number of benzene rings is 4. The molecule has 4 aromatic rings. The highest BCUT2D eigenvalue weighted by atomic mass is 16.6. The van der Waals surface area contributed by atoms with Gasteiger partial charge in [-0.3, -0.25) is 10.1 Å². The number of nitro groups is 1. The van der Waals surface area contributed by atoms with Gasteiger partial charge in [-0.15, -0.1) is 0 Å². The molecule has 5 nitrogen and oxygen atoms in total. The second-order valence-electron chi connectivity index (χ2n) is 8.45. The van der Waals surface area contributed by atoms with Crippen LogP contribution in [0.15, 0.2) is 97.1 Å². The van der Waals surface area contributed by atoms with Crippen molar-refractivity contribution in [1.29, 1.82) is 0 Å². The Labute approximate surface area is 192 Å². The number of anilines is 1. The number of aryl methyl sites for hydroxylation is 2. The van der Waals surface area contributed by atoms with Gasteiger partial charge in [0.25, 0.3) is 5.69 Å². The van der Waals surface area contributed by atoms with Crippen LogP contribution in [0.2, 0.25) is 0 Å². The highest BCUT2D eigenvalue weighted by Crippen LogP contribution is 2.50. The molecule has 0 fully saturated rings. The summed E-state index contributed by atoms with van der Waals surface area (Å²) in [5, 5.41) is 14.9. The number of hydrogen-bond donors (Lipinski definition) is 1. The number of nitro benzene ring substituents is 1. The molecule has 5 rings (SSSR count). The SMILES string of the molecule is Cc1ccc(C2(c3ccc(C)cc3)O[C@@H](c3cccc([N+](=O)[O-])c3)Nc3ccccc32)cc1. The molecule has 33 heavy (non-hydrogen) atoms. The Morgan fingerprint density at radius 3 is 2.03 bits per heavy atom. The summed E-state index contributed by atoms with van der Waals surface area (Å²) in [5.74, 6) is 0. The van der Waals surface area contributed by atoms with E-state index >= 15 is 0 Å². The molecule has 0 unspecified atom stereocenters. The van der Waals surface area contributed by atoms with Crippen LogP contribution < -0.4 is 5.32 Å². The van der Waals surface area contributed by atoms with Gasteiger partial charge in [-0.1, -0.05) is 90.0 Å². The second kappa shape index (κ2) is 8.19. The first-order chi connectivity index (χ1) is 16.0. The summed E-state index contributed by atoms with van der Waals surface area (Å²) in [5.41, 5.74) is 6.10. The Morgan fingerprint density at radius 2 is 1.42 bits per heavy atom. The lowest BCUT2D eigenvalue weighted by Gasteiger charge is -2.44. The molecule has 0 aliphatic carbocycles. The van der Waals surface area contributed by atoms with Crippen molar-refractivity contribution in [2.24, 2.45) is 0 Å². The fourth-order valence-electron chi connectivity index (χ4n) is 4.47. The third kappa shape index (κ3) is 3.66. The van der Waals surface area contributed by atoms with Crippen LogP contribution in [0.1, 0.15) is 39.6 Å². The maximum absolute atomic E-state index is 11.4. The largest absolute Gasteiger partial charge is 0.356 e. The molecule has 0 amide bonds. The zero-order valence-corrected chi connectivity index (χ0v) is 18.5. The van der Waals surface area contributed by atoms with E-state index in [1.54, 1.807) is 12.1 Å². The molecule has 164 valence electrons. The molecular weight excluding hydrogens is 412 g/mol. The number of rotatable bonds is 4. The molecule has 4 aromatic carbocycles. The smallest absolute Gasteiger partial charge is 0.269 e. The van der Waals surface area contributed by atoms with E-state index in [1.165, 1.54) is 6.07 Å². The quantitative estimate of drug-likeness (QED) is 0.287. The number of fused-ring (bicyclic) bond motifs is 1. The van der Waals surface area contributed by atoms with Crippen LogP contribution in [0.4, 0.5) is 11.4 Å². The van der Waals surface area contributed by atoms with Crippen LogP contribution in [0.3, 0.4) is 0 Å². The average molecular weight is 437 g/mol. The minimum absolute atomic E-state index is 0.0352. The number of hydrogen-bond acceptors (Lipinski definition) is 4. The molecule has 5 heteroatoms. The maximum Gasteiger partial charge on any atom is 0.269 e. The van der Waals surface area contributed by atoms with Crippen molar-refractivity contribution in [1.82, 2.24) is 0 Å². The van der Waals surface area contributed by atoms with Crippen molar-refractivity contribution >= 4 is 11.4 Å². The predicted molar refractivity (Wildman–Crippen MR) is 129 cm³/mol. The Morgan fingerprint density at radius 1 is 0.818 bits per heavy atom. The second-order valence-corrected chi connectivity index (χ2v) is 8.45.